The number of carbonyl (C=O) groups excluding carboxylic acids is 2. The quantitative estimate of drug-likeness (QED) is 0.443. The van der Waals surface area contributed by atoms with Crippen LogP contribution in [-0.2, 0) is 4.79 Å². The van der Waals surface area contributed by atoms with E-state index in [1.807, 2.05) is 5.43 Å². The van der Waals surface area contributed by atoms with Gasteiger partial charge in [0, 0.05) is 11.3 Å². The number of hydrogen-bond donors (Lipinski definition) is 3. The Morgan fingerprint density at radius 3 is 2.55 bits per heavy atom. The molecule has 0 saturated carbocycles. The van der Waals surface area contributed by atoms with Crippen molar-refractivity contribution >= 4 is 17.5 Å². The monoisotopic (exact) mass is 303 g/mol. The predicted molar refractivity (Wildman–Crippen MR) is 78.6 cm³/mol. The van der Waals surface area contributed by atoms with Crippen molar-refractivity contribution in [2.45, 2.75) is 0 Å². The van der Waals surface area contributed by atoms with E-state index in [0.717, 1.165) is 0 Å². The molecule has 0 aliphatic carbocycles. The van der Waals surface area contributed by atoms with Gasteiger partial charge < -0.3 is 10.1 Å². The number of hydrazine groups is 1. The molecule has 2 aromatic rings. The van der Waals surface area contributed by atoms with Gasteiger partial charge in [-0.3, -0.25) is 15.0 Å². The van der Waals surface area contributed by atoms with E-state index in [2.05, 4.69) is 5.32 Å². The summed E-state index contributed by atoms with van der Waals surface area (Å²) in [7, 11) is 0. The Labute approximate surface area is 126 Å². The molecule has 0 aliphatic rings. The molecule has 2 rings (SSSR count). The number of nitrogens with two attached hydrogens (primary N) is 1. The number of hydrogen-bond acceptors (Lipinski definition) is 4. The standard InChI is InChI=1S/C15H14FN3O3/c16-11-4-6-12(7-5-11)18-14(20)9-22-13-3-1-2-10(8-13)15(21)19-17/h1-8H,9,17H2,(H,18,20)(H,19,21). The number of carbonyl (C=O) groups is 2. The Hall–Kier alpha value is -2.93. The molecular formula is C15H14FN3O3. The lowest BCUT2D eigenvalue weighted by atomic mass is 10.2. The fourth-order valence-electron chi connectivity index (χ4n) is 1.69. The molecule has 0 atom stereocenters. The van der Waals surface area contributed by atoms with Crippen molar-refractivity contribution in [3.05, 3.63) is 59.9 Å². The van der Waals surface area contributed by atoms with Crippen LogP contribution >= 0.6 is 0 Å². The van der Waals surface area contributed by atoms with Gasteiger partial charge in [-0.15, -0.1) is 0 Å². The number of amides is 2. The first-order valence-corrected chi connectivity index (χ1v) is 6.37. The Morgan fingerprint density at radius 2 is 1.86 bits per heavy atom. The van der Waals surface area contributed by atoms with Crippen molar-refractivity contribution in [3.63, 3.8) is 0 Å². The van der Waals surface area contributed by atoms with Crippen LogP contribution in [0, 0.1) is 5.82 Å². The average molecular weight is 303 g/mol. The second-order valence-electron chi connectivity index (χ2n) is 4.35. The van der Waals surface area contributed by atoms with Crippen LogP contribution in [0.4, 0.5) is 10.1 Å². The highest BCUT2D eigenvalue weighted by molar-refractivity contribution is 5.94. The third-order valence-electron chi connectivity index (χ3n) is 2.73. The number of halogens is 1. The lowest BCUT2D eigenvalue weighted by Gasteiger charge is -2.08. The molecule has 0 aliphatic heterocycles. The Balaban J connectivity index is 1.91. The van der Waals surface area contributed by atoms with Crippen LogP contribution in [0.5, 0.6) is 5.75 Å². The molecule has 114 valence electrons. The molecule has 4 N–H and O–H groups in total. The fourth-order valence-corrected chi connectivity index (χ4v) is 1.69. The summed E-state index contributed by atoms with van der Waals surface area (Å²) < 4.78 is 18.0. The first kappa shape index (κ1) is 15.5. The van der Waals surface area contributed by atoms with E-state index in [1.54, 1.807) is 18.2 Å². The number of nitrogens with one attached hydrogen (secondary N) is 2. The van der Waals surface area contributed by atoms with Gasteiger partial charge in [0.15, 0.2) is 6.61 Å². The fraction of sp³-hybridized carbons (Fsp3) is 0.0667. The van der Waals surface area contributed by atoms with E-state index < -0.39 is 11.8 Å². The zero-order valence-corrected chi connectivity index (χ0v) is 11.5. The SMILES string of the molecule is NNC(=O)c1cccc(OCC(=O)Nc2ccc(F)cc2)c1. The van der Waals surface area contributed by atoms with E-state index >= 15 is 0 Å². The summed E-state index contributed by atoms with van der Waals surface area (Å²) in [5.74, 6) is 4.15. The summed E-state index contributed by atoms with van der Waals surface area (Å²) in [6.45, 7) is -0.245. The Kier molecular flexibility index (Phi) is 5.05. The summed E-state index contributed by atoms with van der Waals surface area (Å²) in [4.78, 5) is 23.1. The average Bonchev–Trinajstić information content (AvgIpc) is 2.54. The zero-order valence-electron chi connectivity index (χ0n) is 11.5. The van der Waals surface area contributed by atoms with Gasteiger partial charge in [0.1, 0.15) is 11.6 Å². The highest BCUT2D eigenvalue weighted by Gasteiger charge is 2.07. The van der Waals surface area contributed by atoms with Crippen molar-refractivity contribution in [1.82, 2.24) is 5.43 Å². The van der Waals surface area contributed by atoms with Gasteiger partial charge in [-0.25, -0.2) is 10.2 Å². The molecule has 0 unspecified atom stereocenters. The molecular weight excluding hydrogens is 289 g/mol. The van der Waals surface area contributed by atoms with Crippen molar-refractivity contribution in [3.8, 4) is 5.75 Å². The molecule has 0 aromatic heterocycles. The number of rotatable bonds is 5. The summed E-state index contributed by atoms with van der Waals surface area (Å²) in [6.07, 6.45) is 0. The molecule has 0 radical (unpaired) electrons. The van der Waals surface area contributed by atoms with Crippen LogP contribution in [0.15, 0.2) is 48.5 Å². The lowest BCUT2D eigenvalue weighted by Crippen LogP contribution is -2.29. The maximum Gasteiger partial charge on any atom is 0.265 e. The highest BCUT2D eigenvalue weighted by Crippen LogP contribution is 2.13. The molecule has 0 spiro atoms. The van der Waals surface area contributed by atoms with Gasteiger partial charge >= 0.3 is 0 Å². The number of anilines is 1. The van der Waals surface area contributed by atoms with Crippen molar-refractivity contribution in [2.75, 3.05) is 11.9 Å². The van der Waals surface area contributed by atoms with Crippen LogP contribution in [0.2, 0.25) is 0 Å². The summed E-state index contributed by atoms with van der Waals surface area (Å²) in [5.41, 5.74) is 2.79. The Morgan fingerprint density at radius 1 is 1.14 bits per heavy atom. The van der Waals surface area contributed by atoms with E-state index in [-0.39, 0.29) is 12.4 Å². The largest absolute Gasteiger partial charge is 0.484 e. The maximum atomic E-state index is 12.7. The lowest BCUT2D eigenvalue weighted by molar-refractivity contribution is -0.118. The third-order valence-corrected chi connectivity index (χ3v) is 2.73. The van der Waals surface area contributed by atoms with E-state index in [9.17, 15) is 14.0 Å². The summed E-state index contributed by atoms with van der Waals surface area (Å²) in [5, 5.41) is 2.56. The second-order valence-corrected chi connectivity index (χ2v) is 4.35. The molecule has 2 amide bonds. The minimum atomic E-state index is -0.457. The first-order valence-electron chi connectivity index (χ1n) is 6.37. The van der Waals surface area contributed by atoms with E-state index in [1.165, 1.54) is 30.3 Å². The number of benzene rings is 2. The highest BCUT2D eigenvalue weighted by atomic mass is 19.1. The normalized spacial score (nSPS) is 9.91. The Bertz CT molecular complexity index is 674. The molecule has 6 nitrogen and oxygen atoms in total. The van der Waals surface area contributed by atoms with Crippen LogP contribution in [0.25, 0.3) is 0 Å². The minimum Gasteiger partial charge on any atom is -0.484 e. The zero-order chi connectivity index (χ0) is 15.9. The van der Waals surface area contributed by atoms with Gasteiger partial charge in [-0.2, -0.15) is 0 Å². The van der Waals surface area contributed by atoms with Gasteiger partial charge in [0.05, 0.1) is 0 Å². The predicted octanol–water partition coefficient (Wildman–Crippen LogP) is 1.45. The van der Waals surface area contributed by atoms with Crippen LogP contribution in [0.3, 0.4) is 0 Å². The van der Waals surface area contributed by atoms with E-state index in [4.69, 9.17) is 10.6 Å². The topological polar surface area (TPSA) is 93.4 Å². The van der Waals surface area contributed by atoms with Gasteiger partial charge in [0.2, 0.25) is 0 Å². The molecule has 0 saturated heterocycles. The van der Waals surface area contributed by atoms with Crippen LogP contribution < -0.4 is 21.3 Å². The van der Waals surface area contributed by atoms with E-state index in [0.29, 0.717) is 17.0 Å². The number of nitrogen functional groups attached to an aromatic ring is 1. The second kappa shape index (κ2) is 7.19. The van der Waals surface area contributed by atoms with Gasteiger partial charge in [-0.05, 0) is 42.5 Å². The van der Waals surface area contributed by atoms with Gasteiger partial charge in [-0.1, -0.05) is 6.07 Å². The maximum absolute atomic E-state index is 12.7. The third kappa shape index (κ3) is 4.29. The first-order chi connectivity index (χ1) is 10.6. The molecule has 7 heteroatoms. The molecule has 22 heavy (non-hydrogen) atoms. The molecule has 0 fully saturated rings. The molecule has 0 heterocycles. The van der Waals surface area contributed by atoms with Gasteiger partial charge in [0.25, 0.3) is 11.8 Å². The van der Waals surface area contributed by atoms with Crippen molar-refractivity contribution in [1.29, 1.82) is 0 Å². The molecule has 2 aromatic carbocycles. The smallest absolute Gasteiger partial charge is 0.265 e. The summed E-state index contributed by atoms with van der Waals surface area (Å²) in [6, 6.07) is 11.6. The minimum absolute atomic E-state index is 0.245. The van der Waals surface area contributed by atoms with Crippen molar-refractivity contribution in [2.24, 2.45) is 5.84 Å². The van der Waals surface area contributed by atoms with Crippen molar-refractivity contribution < 1.29 is 18.7 Å². The van der Waals surface area contributed by atoms with Crippen LogP contribution in [0.1, 0.15) is 10.4 Å². The summed E-state index contributed by atoms with van der Waals surface area (Å²) >= 11 is 0. The number of ether oxygens (including phenoxy) is 1. The van der Waals surface area contributed by atoms with Crippen LogP contribution in [-0.4, -0.2) is 18.4 Å². The molecule has 0 bridgehead atoms.